The summed E-state index contributed by atoms with van der Waals surface area (Å²) < 4.78 is 0. The molecule has 1 aliphatic heterocycles. The van der Waals surface area contributed by atoms with Crippen LogP contribution in [0.2, 0.25) is 0 Å². The van der Waals surface area contributed by atoms with Crippen LogP contribution in [0.25, 0.3) is 0 Å². The van der Waals surface area contributed by atoms with Gasteiger partial charge < -0.3 is 10.6 Å². The van der Waals surface area contributed by atoms with Crippen LogP contribution in [0.1, 0.15) is 47.0 Å². The molecular formula is C15H29N3OS. The second-order valence-corrected chi connectivity index (χ2v) is 7.33. The second kappa shape index (κ2) is 7.36. The van der Waals surface area contributed by atoms with Crippen molar-refractivity contribution in [2.24, 2.45) is 11.1 Å². The number of thiocarbonyl (C=S) groups is 1. The third-order valence-electron chi connectivity index (χ3n) is 3.68. The van der Waals surface area contributed by atoms with Gasteiger partial charge in [0, 0.05) is 32.6 Å². The summed E-state index contributed by atoms with van der Waals surface area (Å²) >= 11 is 5.17. The van der Waals surface area contributed by atoms with Crippen LogP contribution in [0.4, 0.5) is 0 Å². The lowest BCUT2D eigenvalue weighted by molar-refractivity contribution is -0.135. The number of hydrogen-bond donors (Lipinski definition) is 1. The molecule has 1 aliphatic rings. The second-order valence-electron chi connectivity index (χ2n) is 6.86. The van der Waals surface area contributed by atoms with Crippen molar-refractivity contribution in [1.82, 2.24) is 9.80 Å². The van der Waals surface area contributed by atoms with E-state index in [0.717, 1.165) is 39.0 Å². The third-order valence-corrected chi connectivity index (χ3v) is 3.95. The first-order valence-electron chi connectivity index (χ1n) is 7.55. The molecule has 1 amide bonds. The van der Waals surface area contributed by atoms with E-state index >= 15 is 0 Å². The molecule has 5 heteroatoms. The molecule has 0 aliphatic carbocycles. The van der Waals surface area contributed by atoms with E-state index in [-0.39, 0.29) is 17.4 Å². The Labute approximate surface area is 128 Å². The Hall–Kier alpha value is -0.680. The van der Waals surface area contributed by atoms with Gasteiger partial charge in [-0.25, -0.2) is 0 Å². The van der Waals surface area contributed by atoms with Crippen molar-refractivity contribution in [1.29, 1.82) is 0 Å². The van der Waals surface area contributed by atoms with Gasteiger partial charge in [0.15, 0.2) is 0 Å². The third kappa shape index (κ3) is 5.37. The predicted molar refractivity (Wildman–Crippen MR) is 87.7 cm³/mol. The van der Waals surface area contributed by atoms with Gasteiger partial charge >= 0.3 is 0 Å². The Kier molecular flexibility index (Phi) is 6.40. The van der Waals surface area contributed by atoms with Crippen molar-refractivity contribution in [3.63, 3.8) is 0 Å². The standard InChI is InChI=1S/C15H29N3OS/c1-5-6-12(14(16)20)17-7-9-18(10-8-17)13(19)11-15(2,3)4/h12H,5-11H2,1-4H3,(H2,16,20). The molecular weight excluding hydrogens is 270 g/mol. The van der Waals surface area contributed by atoms with E-state index in [9.17, 15) is 4.79 Å². The lowest BCUT2D eigenvalue weighted by atomic mass is 9.91. The Morgan fingerprint density at radius 3 is 2.20 bits per heavy atom. The Bertz CT molecular complexity index is 344. The summed E-state index contributed by atoms with van der Waals surface area (Å²) in [5, 5.41) is 0. The minimum atomic E-state index is 0.0534. The molecule has 0 spiro atoms. The predicted octanol–water partition coefficient (Wildman–Crippen LogP) is 2.02. The van der Waals surface area contributed by atoms with Gasteiger partial charge in [0.1, 0.15) is 0 Å². The summed E-state index contributed by atoms with van der Waals surface area (Å²) in [7, 11) is 0. The minimum absolute atomic E-state index is 0.0534. The van der Waals surface area contributed by atoms with Crippen molar-refractivity contribution in [3.8, 4) is 0 Å². The van der Waals surface area contributed by atoms with Crippen LogP contribution in [0, 0.1) is 5.41 Å². The highest BCUT2D eigenvalue weighted by Crippen LogP contribution is 2.21. The van der Waals surface area contributed by atoms with Crippen molar-refractivity contribution < 1.29 is 4.79 Å². The Morgan fingerprint density at radius 2 is 1.80 bits per heavy atom. The van der Waals surface area contributed by atoms with E-state index in [4.69, 9.17) is 18.0 Å². The molecule has 1 atom stereocenters. The van der Waals surface area contributed by atoms with Gasteiger partial charge in [-0.05, 0) is 11.8 Å². The molecule has 1 saturated heterocycles. The van der Waals surface area contributed by atoms with Crippen LogP contribution in [-0.2, 0) is 4.79 Å². The maximum atomic E-state index is 12.2. The van der Waals surface area contributed by atoms with Gasteiger partial charge in [0.25, 0.3) is 0 Å². The van der Waals surface area contributed by atoms with E-state index in [1.807, 2.05) is 4.90 Å². The normalized spacial score (nSPS) is 18.9. The molecule has 20 heavy (non-hydrogen) atoms. The first kappa shape index (κ1) is 17.4. The van der Waals surface area contributed by atoms with Crippen molar-refractivity contribution in [2.45, 2.75) is 53.0 Å². The summed E-state index contributed by atoms with van der Waals surface area (Å²) in [4.78, 5) is 17.1. The molecule has 1 unspecified atom stereocenters. The topological polar surface area (TPSA) is 49.6 Å². The summed E-state index contributed by atoms with van der Waals surface area (Å²) in [5.41, 5.74) is 5.89. The summed E-state index contributed by atoms with van der Waals surface area (Å²) in [6.45, 7) is 11.8. The highest BCUT2D eigenvalue weighted by molar-refractivity contribution is 7.80. The van der Waals surface area contributed by atoms with Crippen LogP contribution < -0.4 is 5.73 Å². The van der Waals surface area contributed by atoms with Gasteiger partial charge in [-0.1, -0.05) is 46.3 Å². The number of rotatable bonds is 5. The van der Waals surface area contributed by atoms with E-state index < -0.39 is 0 Å². The van der Waals surface area contributed by atoms with E-state index in [1.165, 1.54) is 0 Å². The van der Waals surface area contributed by atoms with Crippen LogP contribution in [0.15, 0.2) is 0 Å². The molecule has 0 aromatic heterocycles. The number of piperazine rings is 1. The zero-order valence-corrected chi connectivity index (χ0v) is 14.1. The average Bonchev–Trinajstić information content (AvgIpc) is 2.33. The lowest BCUT2D eigenvalue weighted by Gasteiger charge is -2.39. The summed E-state index contributed by atoms with van der Waals surface area (Å²) in [5.74, 6) is 0.263. The molecule has 0 aromatic rings. The fourth-order valence-corrected chi connectivity index (χ4v) is 2.89. The number of nitrogens with zero attached hydrogens (tertiary/aromatic N) is 2. The zero-order chi connectivity index (χ0) is 15.3. The number of carbonyl (C=O) groups is 1. The van der Waals surface area contributed by atoms with Crippen molar-refractivity contribution >= 4 is 23.1 Å². The van der Waals surface area contributed by atoms with Gasteiger partial charge in [-0.2, -0.15) is 0 Å². The Morgan fingerprint density at radius 1 is 1.25 bits per heavy atom. The number of hydrogen-bond acceptors (Lipinski definition) is 3. The first-order chi connectivity index (χ1) is 9.24. The number of amides is 1. The molecule has 1 fully saturated rings. The fourth-order valence-electron chi connectivity index (χ4n) is 2.63. The van der Waals surface area contributed by atoms with Crippen LogP contribution in [-0.4, -0.2) is 52.9 Å². The number of nitrogens with two attached hydrogens (primary N) is 1. The molecule has 4 nitrogen and oxygen atoms in total. The van der Waals surface area contributed by atoms with E-state index in [1.54, 1.807) is 0 Å². The SMILES string of the molecule is CCCC(C(N)=S)N1CCN(C(=O)CC(C)(C)C)CC1. The minimum Gasteiger partial charge on any atom is -0.392 e. The molecule has 0 bridgehead atoms. The van der Waals surface area contributed by atoms with Gasteiger partial charge in [0.2, 0.25) is 5.91 Å². The maximum absolute atomic E-state index is 12.2. The first-order valence-corrected chi connectivity index (χ1v) is 7.96. The molecule has 0 saturated carbocycles. The summed E-state index contributed by atoms with van der Waals surface area (Å²) in [6.07, 6.45) is 2.69. The Balaban J connectivity index is 2.50. The highest BCUT2D eigenvalue weighted by atomic mass is 32.1. The largest absolute Gasteiger partial charge is 0.392 e. The van der Waals surface area contributed by atoms with Gasteiger partial charge in [-0.3, -0.25) is 9.69 Å². The van der Waals surface area contributed by atoms with Crippen LogP contribution in [0.3, 0.4) is 0 Å². The molecule has 116 valence electrons. The van der Waals surface area contributed by atoms with E-state index in [2.05, 4.69) is 32.6 Å². The molecule has 1 heterocycles. The summed E-state index contributed by atoms with van der Waals surface area (Å²) in [6, 6.07) is 0.190. The number of carbonyl (C=O) groups excluding carboxylic acids is 1. The van der Waals surface area contributed by atoms with Crippen LogP contribution >= 0.6 is 12.2 Å². The molecule has 2 N–H and O–H groups in total. The van der Waals surface area contributed by atoms with E-state index in [0.29, 0.717) is 11.4 Å². The highest BCUT2D eigenvalue weighted by Gasteiger charge is 2.28. The zero-order valence-electron chi connectivity index (χ0n) is 13.3. The van der Waals surface area contributed by atoms with Gasteiger partial charge in [0.05, 0.1) is 11.0 Å². The average molecular weight is 299 g/mol. The molecule has 1 rings (SSSR count). The quantitative estimate of drug-likeness (QED) is 0.789. The molecule has 0 aromatic carbocycles. The van der Waals surface area contributed by atoms with Gasteiger partial charge in [-0.15, -0.1) is 0 Å². The van der Waals surface area contributed by atoms with Crippen molar-refractivity contribution in [2.75, 3.05) is 26.2 Å². The fraction of sp³-hybridized carbons (Fsp3) is 0.867. The lowest BCUT2D eigenvalue weighted by Crippen LogP contribution is -2.55. The molecule has 0 radical (unpaired) electrons. The van der Waals surface area contributed by atoms with Crippen molar-refractivity contribution in [3.05, 3.63) is 0 Å². The smallest absolute Gasteiger partial charge is 0.223 e. The maximum Gasteiger partial charge on any atom is 0.223 e. The monoisotopic (exact) mass is 299 g/mol. The van der Waals surface area contributed by atoms with Crippen LogP contribution in [0.5, 0.6) is 0 Å².